The van der Waals surface area contributed by atoms with Crippen LogP contribution < -0.4 is 0 Å². The third-order valence-corrected chi connectivity index (χ3v) is 4.15. The zero-order valence-corrected chi connectivity index (χ0v) is 13.7. The maximum atomic E-state index is 12.7. The molecule has 1 fully saturated rings. The fraction of sp³-hybridized carbons (Fsp3) is 0.533. The predicted octanol–water partition coefficient (Wildman–Crippen LogP) is 1.89. The van der Waals surface area contributed by atoms with Crippen molar-refractivity contribution in [1.29, 1.82) is 0 Å². The standard InChI is InChI=1S/C15H21BrN2O2/c1-10-4-5-11(16)6-14(10)15(20)18-9-13(19)7-12(18)8-17(2)3/h4-6,12-13,19H,7-9H2,1-3H3. The van der Waals surface area contributed by atoms with Crippen LogP contribution in [0.4, 0.5) is 0 Å². The highest BCUT2D eigenvalue weighted by atomic mass is 79.9. The topological polar surface area (TPSA) is 43.8 Å². The third kappa shape index (κ3) is 3.40. The van der Waals surface area contributed by atoms with E-state index in [4.69, 9.17) is 0 Å². The summed E-state index contributed by atoms with van der Waals surface area (Å²) < 4.78 is 0.898. The van der Waals surface area contributed by atoms with Crippen molar-refractivity contribution in [3.8, 4) is 0 Å². The van der Waals surface area contributed by atoms with E-state index in [1.165, 1.54) is 0 Å². The fourth-order valence-corrected chi connectivity index (χ4v) is 3.08. The first kappa shape index (κ1) is 15.5. The zero-order chi connectivity index (χ0) is 14.9. The van der Waals surface area contributed by atoms with Crippen LogP contribution in [0.5, 0.6) is 0 Å². The maximum Gasteiger partial charge on any atom is 0.254 e. The number of aliphatic hydroxyl groups is 1. The molecule has 0 spiro atoms. The zero-order valence-electron chi connectivity index (χ0n) is 12.1. The average Bonchev–Trinajstić information content (AvgIpc) is 2.71. The number of likely N-dealkylation sites (N-methyl/N-ethyl adjacent to an activating group) is 1. The van der Waals surface area contributed by atoms with E-state index in [-0.39, 0.29) is 11.9 Å². The third-order valence-electron chi connectivity index (χ3n) is 3.66. The molecular formula is C15H21BrN2O2. The number of benzene rings is 1. The van der Waals surface area contributed by atoms with Gasteiger partial charge in [-0.1, -0.05) is 22.0 Å². The van der Waals surface area contributed by atoms with Crippen LogP contribution in [0.3, 0.4) is 0 Å². The minimum atomic E-state index is -0.420. The lowest BCUT2D eigenvalue weighted by Gasteiger charge is -2.27. The molecule has 1 amide bonds. The molecule has 0 radical (unpaired) electrons. The minimum absolute atomic E-state index is 0.00667. The molecule has 5 heteroatoms. The van der Waals surface area contributed by atoms with E-state index in [2.05, 4.69) is 20.8 Å². The van der Waals surface area contributed by atoms with Gasteiger partial charge in [0.1, 0.15) is 0 Å². The Hall–Kier alpha value is -0.910. The number of aryl methyl sites for hydroxylation is 1. The predicted molar refractivity (Wildman–Crippen MR) is 82.9 cm³/mol. The first-order chi connectivity index (χ1) is 9.38. The summed E-state index contributed by atoms with van der Waals surface area (Å²) in [6.45, 7) is 3.13. The molecule has 2 unspecified atom stereocenters. The largest absolute Gasteiger partial charge is 0.391 e. The van der Waals surface area contributed by atoms with Gasteiger partial charge in [0.15, 0.2) is 0 Å². The smallest absolute Gasteiger partial charge is 0.254 e. The Kier molecular flexibility index (Phi) is 4.83. The van der Waals surface area contributed by atoms with Crippen molar-refractivity contribution in [2.24, 2.45) is 0 Å². The highest BCUT2D eigenvalue weighted by Gasteiger charge is 2.35. The van der Waals surface area contributed by atoms with Gasteiger partial charge in [0, 0.05) is 29.2 Å². The van der Waals surface area contributed by atoms with E-state index in [1.54, 1.807) is 4.90 Å². The molecule has 0 aromatic heterocycles. The Morgan fingerprint density at radius 3 is 2.85 bits per heavy atom. The van der Waals surface area contributed by atoms with Crippen LogP contribution >= 0.6 is 15.9 Å². The summed E-state index contributed by atoms with van der Waals surface area (Å²) in [6, 6.07) is 5.80. The minimum Gasteiger partial charge on any atom is -0.391 e. The van der Waals surface area contributed by atoms with Gasteiger partial charge in [-0.05, 0) is 45.1 Å². The molecule has 2 atom stereocenters. The van der Waals surface area contributed by atoms with Gasteiger partial charge in [0.05, 0.1) is 6.10 Å². The van der Waals surface area contributed by atoms with Gasteiger partial charge in [-0.2, -0.15) is 0 Å². The molecule has 2 rings (SSSR count). The number of β-amino-alcohol motifs (C(OH)–C–C–N with tert-alkyl or cyclic N) is 1. The number of hydrogen-bond donors (Lipinski definition) is 1. The number of likely N-dealkylation sites (tertiary alicyclic amines) is 1. The second-order valence-corrected chi connectivity index (χ2v) is 6.64. The number of amides is 1. The Bertz CT molecular complexity index is 505. The Morgan fingerprint density at radius 2 is 2.20 bits per heavy atom. The lowest BCUT2D eigenvalue weighted by atomic mass is 10.1. The summed E-state index contributed by atoms with van der Waals surface area (Å²) in [6.07, 6.45) is 0.230. The summed E-state index contributed by atoms with van der Waals surface area (Å²) in [7, 11) is 3.97. The van der Waals surface area contributed by atoms with Gasteiger partial charge >= 0.3 is 0 Å². The van der Waals surface area contributed by atoms with Gasteiger partial charge < -0.3 is 14.9 Å². The molecule has 1 N–H and O–H groups in total. The van der Waals surface area contributed by atoms with Gasteiger partial charge in [-0.3, -0.25) is 4.79 Å². The first-order valence-corrected chi connectivity index (χ1v) is 7.57. The van der Waals surface area contributed by atoms with E-state index in [9.17, 15) is 9.90 Å². The Balaban J connectivity index is 2.24. The van der Waals surface area contributed by atoms with Gasteiger partial charge in [-0.25, -0.2) is 0 Å². The van der Waals surface area contributed by atoms with Crippen LogP contribution in [0.2, 0.25) is 0 Å². The van der Waals surface area contributed by atoms with Crippen molar-refractivity contribution >= 4 is 21.8 Å². The Morgan fingerprint density at radius 1 is 1.50 bits per heavy atom. The number of carbonyl (C=O) groups excluding carboxylic acids is 1. The highest BCUT2D eigenvalue weighted by molar-refractivity contribution is 9.10. The molecule has 1 saturated heterocycles. The van der Waals surface area contributed by atoms with Crippen LogP contribution in [0, 0.1) is 6.92 Å². The summed E-state index contributed by atoms with van der Waals surface area (Å²) >= 11 is 3.41. The average molecular weight is 341 g/mol. The normalized spacial score (nSPS) is 22.6. The van der Waals surface area contributed by atoms with Crippen LogP contribution in [-0.4, -0.2) is 60.1 Å². The summed E-state index contributed by atoms with van der Waals surface area (Å²) in [5, 5.41) is 9.88. The molecule has 0 aliphatic carbocycles. The Labute approximate surface area is 128 Å². The lowest BCUT2D eigenvalue weighted by molar-refractivity contribution is 0.0698. The fourth-order valence-electron chi connectivity index (χ4n) is 2.71. The van der Waals surface area contributed by atoms with Crippen molar-refractivity contribution in [3.05, 3.63) is 33.8 Å². The van der Waals surface area contributed by atoms with Gasteiger partial charge in [0.25, 0.3) is 5.91 Å². The van der Waals surface area contributed by atoms with E-state index < -0.39 is 6.10 Å². The number of carbonyl (C=O) groups is 1. The van der Waals surface area contributed by atoms with Crippen molar-refractivity contribution in [2.45, 2.75) is 25.5 Å². The van der Waals surface area contributed by atoms with Crippen molar-refractivity contribution in [2.75, 3.05) is 27.2 Å². The molecule has 1 aliphatic rings. The molecule has 1 aliphatic heterocycles. The van der Waals surface area contributed by atoms with E-state index >= 15 is 0 Å². The number of nitrogens with zero attached hydrogens (tertiary/aromatic N) is 2. The molecule has 0 bridgehead atoms. The van der Waals surface area contributed by atoms with Crippen LogP contribution in [0.25, 0.3) is 0 Å². The summed E-state index contributed by atoms with van der Waals surface area (Å²) in [5.74, 6) is 0.00667. The molecule has 1 aromatic rings. The van der Waals surface area contributed by atoms with E-state index in [0.717, 1.165) is 16.6 Å². The molecule has 20 heavy (non-hydrogen) atoms. The lowest BCUT2D eigenvalue weighted by Crippen LogP contribution is -2.41. The molecule has 110 valence electrons. The molecule has 4 nitrogen and oxygen atoms in total. The second-order valence-electron chi connectivity index (χ2n) is 5.72. The number of aliphatic hydroxyl groups excluding tert-OH is 1. The quantitative estimate of drug-likeness (QED) is 0.913. The SMILES string of the molecule is Cc1ccc(Br)cc1C(=O)N1CC(O)CC1CN(C)C. The monoisotopic (exact) mass is 340 g/mol. The van der Waals surface area contributed by atoms with E-state index in [0.29, 0.717) is 18.5 Å². The number of rotatable bonds is 3. The van der Waals surface area contributed by atoms with Crippen molar-refractivity contribution < 1.29 is 9.90 Å². The first-order valence-electron chi connectivity index (χ1n) is 6.78. The second kappa shape index (κ2) is 6.24. The van der Waals surface area contributed by atoms with Crippen LogP contribution in [0.15, 0.2) is 22.7 Å². The summed E-state index contributed by atoms with van der Waals surface area (Å²) in [4.78, 5) is 16.6. The van der Waals surface area contributed by atoms with Crippen molar-refractivity contribution in [3.63, 3.8) is 0 Å². The highest BCUT2D eigenvalue weighted by Crippen LogP contribution is 2.24. The number of halogens is 1. The summed E-state index contributed by atoms with van der Waals surface area (Å²) in [5.41, 5.74) is 1.67. The van der Waals surface area contributed by atoms with Gasteiger partial charge in [-0.15, -0.1) is 0 Å². The molecule has 0 saturated carbocycles. The van der Waals surface area contributed by atoms with E-state index in [1.807, 2.05) is 39.2 Å². The van der Waals surface area contributed by atoms with Crippen LogP contribution in [0.1, 0.15) is 22.3 Å². The number of hydrogen-bond acceptors (Lipinski definition) is 3. The molecule has 1 aromatic carbocycles. The van der Waals surface area contributed by atoms with Crippen LogP contribution in [-0.2, 0) is 0 Å². The molecular weight excluding hydrogens is 320 g/mol. The molecule has 1 heterocycles. The van der Waals surface area contributed by atoms with Gasteiger partial charge in [0.2, 0.25) is 0 Å². The van der Waals surface area contributed by atoms with Crippen molar-refractivity contribution in [1.82, 2.24) is 9.80 Å². The maximum absolute atomic E-state index is 12.7.